The van der Waals surface area contributed by atoms with E-state index < -0.39 is 24.4 Å². The van der Waals surface area contributed by atoms with Crippen LogP contribution in [0.15, 0.2) is 36.0 Å². The molecule has 0 unspecified atom stereocenters. The zero-order valence-corrected chi connectivity index (χ0v) is 17.3. The summed E-state index contributed by atoms with van der Waals surface area (Å²) in [5.74, 6) is -1.79. The average Bonchev–Trinajstić information content (AvgIpc) is 3.08. The molecule has 7 nitrogen and oxygen atoms in total. The molecule has 0 spiro atoms. The molecule has 1 aliphatic carbocycles. The van der Waals surface area contributed by atoms with Crippen LogP contribution in [0, 0.1) is 11.3 Å². The number of benzene rings is 1. The minimum Gasteiger partial charge on any atom is -0.451 e. The maximum atomic E-state index is 12.4. The fraction of sp³-hybridized carbons (Fsp3) is 0.273. The molecule has 30 heavy (non-hydrogen) atoms. The second-order valence-electron chi connectivity index (χ2n) is 6.80. The fourth-order valence-electron chi connectivity index (χ4n) is 3.20. The highest BCUT2D eigenvalue weighted by Crippen LogP contribution is 2.37. The van der Waals surface area contributed by atoms with Gasteiger partial charge in [0, 0.05) is 11.8 Å². The molecule has 3 rings (SSSR count). The molecule has 154 valence electrons. The van der Waals surface area contributed by atoms with Gasteiger partial charge in [0.1, 0.15) is 16.8 Å². The molecule has 0 fully saturated rings. The zero-order chi connectivity index (χ0) is 21.5. The van der Waals surface area contributed by atoms with Gasteiger partial charge in [-0.2, -0.15) is 5.26 Å². The lowest BCUT2D eigenvalue weighted by molar-refractivity contribution is -0.144. The summed E-state index contributed by atoms with van der Waals surface area (Å²) < 4.78 is 5.07. The number of esters is 1. The molecule has 0 radical (unpaired) electrons. The van der Waals surface area contributed by atoms with Gasteiger partial charge < -0.3 is 15.4 Å². The summed E-state index contributed by atoms with van der Waals surface area (Å²) in [4.78, 5) is 37.2. The molecule has 0 saturated carbocycles. The first kappa shape index (κ1) is 21.3. The molecule has 2 amide bonds. The number of hydrogen-bond acceptors (Lipinski definition) is 6. The van der Waals surface area contributed by atoms with E-state index in [2.05, 4.69) is 16.7 Å². The van der Waals surface area contributed by atoms with Gasteiger partial charge in [0.15, 0.2) is 6.61 Å². The Hall–Kier alpha value is -3.44. The van der Waals surface area contributed by atoms with Crippen molar-refractivity contribution in [2.75, 3.05) is 11.9 Å². The second-order valence-corrected chi connectivity index (χ2v) is 7.91. The van der Waals surface area contributed by atoms with Crippen LogP contribution in [0.5, 0.6) is 0 Å². The van der Waals surface area contributed by atoms with Crippen LogP contribution >= 0.6 is 11.3 Å². The van der Waals surface area contributed by atoms with Crippen LogP contribution in [0.2, 0.25) is 0 Å². The number of amides is 2. The van der Waals surface area contributed by atoms with Crippen LogP contribution in [0.25, 0.3) is 6.08 Å². The number of nitriles is 1. The third kappa shape index (κ3) is 5.33. The molecule has 0 saturated heterocycles. The minimum absolute atomic E-state index is 0.0641. The molecule has 1 heterocycles. The van der Waals surface area contributed by atoms with Gasteiger partial charge in [-0.15, -0.1) is 11.3 Å². The maximum absolute atomic E-state index is 12.4. The molecular weight excluding hydrogens is 402 g/mol. The minimum atomic E-state index is -0.824. The Balaban J connectivity index is 1.65. The highest BCUT2D eigenvalue weighted by atomic mass is 32.1. The van der Waals surface area contributed by atoms with Gasteiger partial charge in [-0.3, -0.25) is 9.59 Å². The van der Waals surface area contributed by atoms with E-state index in [-0.39, 0.29) is 5.70 Å². The average molecular weight is 423 g/mol. The summed E-state index contributed by atoms with van der Waals surface area (Å²) in [6.45, 7) is 0.749. The summed E-state index contributed by atoms with van der Waals surface area (Å²) in [7, 11) is 0. The van der Waals surface area contributed by atoms with Crippen LogP contribution in [-0.2, 0) is 32.0 Å². The lowest BCUT2D eigenvalue weighted by Gasteiger charge is -2.10. The largest absolute Gasteiger partial charge is 0.451 e. The van der Waals surface area contributed by atoms with Crippen molar-refractivity contribution in [1.29, 1.82) is 5.26 Å². The molecular formula is C22H21N3O4S. The summed E-state index contributed by atoms with van der Waals surface area (Å²) in [5.41, 5.74) is 2.15. The van der Waals surface area contributed by atoms with E-state index in [4.69, 9.17) is 4.74 Å². The van der Waals surface area contributed by atoms with Gasteiger partial charge in [-0.25, -0.2) is 4.79 Å². The first-order valence-corrected chi connectivity index (χ1v) is 10.4. The van der Waals surface area contributed by atoms with Gasteiger partial charge in [0.05, 0.1) is 5.56 Å². The van der Waals surface area contributed by atoms with Gasteiger partial charge >= 0.3 is 5.97 Å². The fourth-order valence-corrected chi connectivity index (χ4v) is 4.45. The van der Waals surface area contributed by atoms with Gasteiger partial charge in [-0.1, -0.05) is 30.3 Å². The summed E-state index contributed by atoms with van der Waals surface area (Å²) in [6.07, 6.45) is 5.32. The van der Waals surface area contributed by atoms with Gasteiger partial charge in [0.2, 0.25) is 5.91 Å². The Morgan fingerprint density at radius 3 is 2.63 bits per heavy atom. The third-order valence-electron chi connectivity index (χ3n) is 4.51. The van der Waals surface area contributed by atoms with E-state index in [1.165, 1.54) is 24.3 Å². The van der Waals surface area contributed by atoms with Crippen molar-refractivity contribution < 1.29 is 19.1 Å². The Kier molecular flexibility index (Phi) is 6.99. The quantitative estimate of drug-likeness (QED) is 0.548. The van der Waals surface area contributed by atoms with Crippen molar-refractivity contribution in [2.45, 2.75) is 32.6 Å². The van der Waals surface area contributed by atoms with Crippen molar-refractivity contribution in [3.8, 4) is 6.07 Å². The van der Waals surface area contributed by atoms with Crippen LogP contribution in [-0.4, -0.2) is 24.4 Å². The smallest absolute Gasteiger partial charge is 0.355 e. The number of carbonyl (C=O) groups excluding carboxylic acids is 3. The molecule has 8 heteroatoms. The number of thiophene rings is 1. The van der Waals surface area contributed by atoms with Crippen molar-refractivity contribution in [1.82, 2.24) is 5.32 Å². The summed E-state index contributed by atoms with van der Waals surface area (Å²) in [6, 6.07) is 11.1. The van der Waals surface area contributed by atoms with Crippen LogP contribution in [0.4, 0.5) is 5.00 Å². The Labute approximate surface area is 178 Å². The SMILES string of the molecule is CC(=O)N/C(=C\c1ccccc1)C(=O)OCC(=O)Nc1sc2c(c1C#N)CCCC2. The highest BCUT2D eigenvalue weighted by molar-refractivity contribution is 7.16. The topological polar surface area (TPSA) is 108 Å². The molecule has 2 N–H and O–H groups in total. The predicted molar refractivity (Wildman–Crippen MR) is 114 cm³/mol. The van der Waals surface area contributed by atoms with Gasteiger partial charge in [-0.05, 0) is 42.9 Å². The molecule has 1 aromatic heterocycles. The van der Waals surface area contributed by atoms with E-state index in [1.54, 1.807) is 24.3 Å². The Morgan fingerprint density at radius 2 is 1.93 bits per heavy atom. The monoisotopic (exact) mass is 423 g/mol. The van der Waals surface area contributed by atoms with E-state index in [1.807, 2.05) is 6.07 Å². The number of ether oxygens (including phenoxy) is 1. The maximum Gasteiger partial charge on any atom is 0.355 e. The zero-order valence-electron chi connectivity index (χ0n) is 16.5. The predicted octanol–water partition coefficient (Wildman–Crippen LogP) is 3.16. The van der Waals surface area contributed by atoms with Gasteiger partial charge in [0.25, 0.3) is 5.91 Å². The number of aryl methyl sites for hydroxylation is 1. The lowest BCUT2D eigenvalue weighted by Crippen LogP contribution is -2.28. The van der Waals surface area contributed by atoms with Crippen molar-refractivity contribution >= 4 is 40.2 Å². The lowest BCUT2D eigenvalue weighted by atomic mass is 9.96. The van der Waals surface area contributed by atoms with Crippen LogP contribution in [0.1, 0.15) is 41.3 Å². The molecule has 1 aliphatic rings. The van der Waals surface area contributed by atoms with Crippen LogP contribution in [0.3, 0.4) is 0 Å². The Morgan fingerprint density at radius 1 is 1.20 bits per heavy atom. The van der Waals surface area contributed by atoms with Crippen molar-refractivity contribution in [3.63, 3.8) is 0 Å². The third-order valence-corrected chi connectivity index (χ3v) is 5.72. The molecule has 0 aliphatic heterocycles. The number of fused-ring (bicyclic) bond motifs is 1. The number of nitrogens with one attached hydrogen (secondary N) is 2. The first-order valence-electron chi connectivity index (χ1n) is 9.54. The number of nitrogens with zero attached hydrogens (tertiary/aromatic N) is 1. The molecule has 2 aromatic rings. The summed E-state index contributed by atoms with van der Waals surface area (Å²) in [5, 5.41) is 15.1. The van der Waals surface area contributed by atoms with E-state index >= 15 is 0 Å². The standard InChI is InChI=1S/C22H21N3O4S/c1-14(26)24-18(11-15-7-3-2-4-8-15)22(28)29-13-20(27)25-21-17(12-23)16-9-5-6-10-19(16)30-21/h2-4,7-8,11H,5-6,9-10,13H2,1H3,(H,24,26)(H,25,27)/b18-11-. The van der Waals surface area contributed by atoms with E-state index in [9.17, 15) is 19.6 Å². The molecule has 0 bridgehead atoms. The van der Waals surface area contributed by atoms with Crippen LogP contribution < -0.4 is 10.6 Å². The number of rotatable bonds is 6. The summed E-state index contributed by atoms with van der Waals surface area (Å²) >= 11 is 1.40. The molecule has 1 aromatic carbocycles. The van der Waals surface area contributed by atoms with E-state index in [0.29, 0.717) is 16.1 Å². The van der Waals surface area contributed by atoms with Crippen molar-refractivity contribution in [2.24, 2.45) is 0 Å². The second kappa shape index (κ2) is 9.85. The molecule has 0 atom stereocenters. The van der Waals surface area contributed by atoms with E-state index in [0.717, 1.165) is 36.1 Å². The number of hydrogen-bond donors (Lipinski definition) is 2. The number of anilines is 1. The van der Waals surface area contributed by atoms with Crippen molar-refractivity contribution in [3.05, 3.63) is 57.6 Å². The number of carbonyl (C=O) groups is 3. The first-order chi connectivity index (χ1) is 14.5. The normalized spacial score (nSPS) is 13.0. The Bertz CT molecular complexity index is 1030. The highest BCUT2D eigenvalue weighted by Gasteiger charge is 2.22.